The van der Waals surface area contributed by atoms with Crippen molar-refractivity contribution in [2.75, 3.05) is 18.5 Å². The van der Waals surface area contributed by atoms with Crippen LogP contribution >= 0.6 is 11.3 Å². The Balaban J connectivity index is 1.99. The minimum Gasteiger partial charge on any atom is -0.395 e. The quantitative estimate of drug-likeness (QED) is 0.769. The van der Waals surface area contributed by atoms with Gasteiger partial charge in [0.1, 0.15) is 0 Å². The summed E-state index contributed by atoms with van der Waals surface area (Å²) < 4.78 is 0. The standard InChI is InChI=1S/C16H20N2O2S/c1-11-7-10-21-15(11)12(2)18-14-5-3-13(4-6-14)16(20)17-8-9-19/h3-7,10,12,18-19H,8-9H2,1-2H3,(H,17,20). The van der Waals surface area contributed by atoms with Crippen LogP contribution in [0.1, 0.15) is 33.8 Å². The molecule has 21 heavy (non-hydrogen) atoms. The molecule has 4 nitrogen and oxygen atoms in total. The van der Waals surface area contributed by atoms with Crippen LogP contribution in [0.4, 0.5) is 5.69 Å². The van der Waals surface area contributed by atoms with Gasteiger partial charge in [0.05, 0.1) is 12.6 Å². The molecule has 1 aromatic heterocycles. The van der Waals surface area contributed by atoms with Crippen molar-refractivity contribution >= 4 is 22.9 Å². The van der Waals surface area contributed by atoms with Crippen molar-refractivity contribution in [3.05, 3.63) is 51.7 Å². The van der Waals surface area contributed by atoms with Gasteiger partial charge >= 0.3 is 0 Å². The Morgan fingerprint density at radius 1 is 1.29 bits per heavy atom. The summed E-state index contributed by atoms with van der Waals surface area (Å²) in [5.74, 6) is -0.169. The zero-order valence-electron chi connectivity index (χ0n) is 12.2. The molecule has 0 aliphatic carbocycles. The van der Waals surface area contributed by atoms with Crippen LogP contribution in [0.3, 0.4) is 0 Å². The fourth-order valence-electron chi connectivity index (χ4n) is 2.13. The molecule has 0 radical (unpaired) electrons. The van der Waals surface area contributed by atoms with Crippen LogP contribution in [0.2, 0.25) is 0 Å². The first-order chi connectivity index (χ1) is 10.1. The number of thiophene rings is 1. The van der Waals surface area contributed by atoms with Crippen LogP contribution in [-0.4, -0.2) is 24.2 Å². The number of anilines is 1. The zero-order chi connectivity index (χ0) is 15.2. The van der Waals surface area contributed by atoms with Crippen molar-refractivity contribution in [3.63, 3.8) is 0 Å². The molecule has 112 valence electrons. The average molecular weight is 304 g/mol. The molecule has 1 heterocycles. The summed E-state index contributed by atoms with van der Waals surface area (Å²) in [5, 5.41) is 16.9. The van der Waals surface area contributed by atoms with Gasteiger partial charge in [0.15, 0.2) is 0 Å². The van der Waals surface area contributed by atoms with E-state index in [0.717, 1.165) is 5.69 Å². The minimum absolute atomic E-state index is 0.0525. The first-order valence-electron chi connectivity index (χ1n) is 6.91. The van der Waals surface area contributed by atoms with E-state index in [9.17, 15) is 4.79 Å². The first-order valence-corrected chi connectivity index (χ1v) is 7.79. The number of amides is 1. The average Bonchev–Trinajstić information content (AvgIpc) is 2.91. The van der Waals surface area contributed by atoms with E-state index in [1.165, 1.54) is 10.4 Å². The summed E-state index contributed by atoms with van der Waals surface area (Å²) in [5.41, 5.74) is 2.86. The van der Waals surface area contributed by atoms with Gasteiger partial charge in [-0.3, -0.25) is 4.79 Å². The highest BCUT2D eigenvalue weighted by molar-refractivity contribution is 7.10. The smallest absolute Gasteiger partial charge is 0.251 e. The first kappa shape index (κ1) is 15.5. The topological polar surface area (TPSA) is 61.4 Å². The molecule has 0 saturated carbocycles. The number of rotatable bonds is 6. The SMILES string of the molecule is Cc1ccsc1C(C)Nc1ccc(C(=O)NCCO)cc1. The van der Waals surface area contributed by atoms with Crippen LogP contribution in [0.15, 0.2) is 35.7 Å². The molecule has 1 aromatic carbocycles. The molecule has 0 aliphatic heterocycles. The molecule has 3 N–H and O–H groups in total. The van der Waals surface area contributed by atoms with Crippen molar-refractivity contribution in [2.24, 2.45) is 0 Å². The third-order valence-electron chi connectivity index (χ3n) is 3.22. The number of aliphatic hydroxyl groups excluding tert-OH is 1. The molecular formula is C16H20N2O2S. The number of hydrogen-bond donors (Lipinski definition) is 3. The van der Waals surface area contributed by atoms with Gasteiger partial charge in [-0.05, 0) is 55.1 Å². The van der Waals surface area contributed by atoms with Gasteiger partial charge in [-0.1, -0.05) is 0 Å². The minimum atomic E-state index is -0.169. The molecule has 2 rings (SSSR count). The van der Waals surface area contributed by atoms with Gasteiger partial charge in [-0.2, -0.15) is 0 Å². The van der Waals surface area contributed by atoms with E-state index in [2.05, 4.69) is 35.9 Å². The van der Waals surface area contributed by atoms with E-state index in [1.807, 2.05) is 12.1 Å². The number of carbonyl (C=O) groups excluding carboxylic acids is 1. The Hall–Kier alpha value is -1.85. The second-order valence-corrected chi connectivity index (χ2v) is 5.84. The highest BCUT2D eigenvalue weighted by atomic mass is 32.1. The van der Waals surface area contributed by atoms with Gasteiger partial charge in [0.2, 0.25) is 0 Å². The Kier molecular flexibility index (Phi) is 5.36. The molecule has 0 saturated heterocycles. The van der Waals surface area contributed by atoms with Crippen molar-refractivity contribution in [1.29, 1.82) is 0 Å². The second kappa shape index (κ2) is 7.24. The number of nitrogens with one attached hydrogen (secondary N) is 2. The third kappa shape index (κ3) is 4.06. The van der Waals surface area contributed by atoms with E-state index in [1.54, 1.807) is 23.5 Å². The number of hydrogen-bond acceptors (Lipinski definition) is 4. The Morgan fingerprint density at radius 3 is 2.57 bits per heavy atom. The van der Waals surface area contributed by atoms with Crippen molar-refractivity contribution < 1.29 is 9.90 Å². The lowest BCUT2D eigenvalue weighted by Crippen LogP contribution is -2.26. The maximum absolute atomic E-state index is 11.7. The molecule has 0 spiro atoms. The van der Waals surface area contributed by atoms with Crippen LogP contribution in [0.5, 0.6) is 0 Å². The number of benzene rings is 1. The molecule has 0 aliphatic rings. The van der Waals surface area contributed by atoms with Crippen LogP contribution < -0.4 is 10.6 Å². The van der Waals surface area contributed by atoms with E-state index in [-0.39, 0.29) is 25.1 Å². The molecule has 1 amide bonds. The predicted octanol–water partition coefficient (Wildman–Crippen LogP) is 2.95. The molecule has 5 heteroatoms. The normalized spacial score (nSPS) is 12.0. The maximum Gasteiger partial charge on any atom is 0.251 e. The lowest BCUT2D eigenvalue weighted by atomic mass is 10.1. The van der Waals surface area contributed by atoms with E-state index >= 15 is 0 Å². The van der Waals surface area contributed by atoms with Gasteiger partial charge < -0.3 is 15.7 Å². The number of aryl methyl sites for hydroxylation is 1. The molecular weight excluding hydrogens is 284 g/mol. The van der Waals surface area contributed by atoms with E-state index < -0.39 is 0 Å². The van der Waals surface area contributed by atoms with Crippen LogP contribution in [-0.2, 0) is 0 Å². The van der Waals surface area contributed by atoms with Gasteiger partial charge in [-0.25, -0.2) is 0 Å². The zero-order valence-corrected chi connectivity index (χ0v) is 13.0. The van der Waals surface area contributed by atoms with Crippen molar-refractivity contribution in [3.8, 4) is 0 Å². The fraction of sp³-hybridized carbons (Fsp3) is 0.312. The van der Waals surface area contributed by atoms with Crippen LogP contribution in [0, 0.1) is 6.92 Å². The molecule has 1 unspecified atom stereocenters. The Labute approximate surface area is 128 Å². The fourth-order valence-corrected chi connectivity index (χ4v) is 3.07. The van der Waals surface area contributed by atoms with E-state index in [0.29, 0.717) is 5.56 Å². The second-order valence-electron chi connectivity index (χ2n) is 4.89. The predicted molar refractivity (Wildman–Crippen MR) is 87.0 cm³/mol. The summed E-state index contributed by atoms with van der Waals surface area (Å²) in [7, 11) is 0. The largest absolute Gasteiger partial charge is 0.395 e. The highest BCUT2D eigenvalue weighted by Gasteiger charge is 2.10. The lowest BCUT2D eigenvalue weighted by Gasteiger charge is -2.15. The monoisotopic (exact) mass is 304 g/mol. The summed E-state index contributed by atoms with van der Waals surface area (Å²) in [6.45, 7) is 4.45. The lowest BCUT2D eigenvalue weighted by molar-refractivity contribution is 0.0945. The van der Waals surface area contributed by atoms with E-state index in [4.69, 9.17) is 5.11 Å². The van der Waals surface area contributed by atoms with Crippen molar-refractivity contribution in [2.45, 2.75) is 19.9 Å². The maximum atomic E-state index is 11.7. The highest BCUT2D eigenvalue weighted by Crippen LogP contribution is 2.26. The van der Waals surface area contributed by atoms with Crippen molar-refractivity contribution in [1.82, 2.24) is 5.32 Å². The van der Waals surface area contributed by atoms with Gasteiger partial charge in [0, 0.05) is 22.7 Å². The third-order valence-corrected chi connectivity index (χ3v) is 4.42. The summed E-state index contributed by atoms with van der Waals surface area (Å²) in [6.07, 6.45) is 0. The Bertz CT molecular complexity index is 593. The summed E-state index contributed by atoms with van der Waals surface area (Å²) in [4.78, 5) is 13.0. The molecule has 2 aromatic rings. The Morgan fingerprint density at radius 2 is 2.00 bits per heavy atom. The summed E-state index contributed by atoms with van der Waals surface area (Å²) in [6, 6.07) is 9.71. The number of aliphatic hydroxyl groups is 1. The summed E-state index contributed by atoms with van der Waals surface area (Å²) >= 11 is 1.74. The molecule has 0 fully saturated rings. The number of carbonyl (C=O) groups is 1. The van der Waals surface area contributed by atoms with Crippen LogP contribution in [0.25, 0.3) is 0 Å². The molecule has 0 bridgehead atoms. The van der Waals surface area contributed by atoms with Gasteiger partial charge in [-0.15, -0.1) is 11.3 Å². The van der Waals surface area contributed by atoms with Gasteiger partial charge in [0.25, 0.3) is 5.91 Å². The molecule has 1 atom stereocenters.